The fourth-order valence-corrected chi connectivity index (χ4v) is 2.06. The van der Waals surface area contributed by atoms with Gasteiger partial charge in [-0.15, -0.1) is 0 Å². The number of benzene rings is 2. The topological polar surface area (TPSA) is 48.2 Å². The average Bonchev–Trinajstić information content (AvgIpc) is 2.97. The average molecular weight is 280 g/mol. The summed E-state index contributed by atoms with van der Waals surface area (Å²) in [6, 6.07) is 15.9. The molecule has 0 atom stereocenters. The first-order valence-electron chi connectivity index (χ1n) is 6.77. The van der Waals surface area contributed by atoms with Crippen molar-refractivity contribution < 1.29 is 9.26 Å². The Balaban J connectivity index is 1.76. The van der Waals surface area contributed by atoms with E-state index in [9.17, 15) is 0 Å². The van der Waals surface area contributed by atoms with Crippen molar-refractivity contribution in [1.29, 1.82) is 0 Å². The zero-order chi connectivity index (χ0) is 14.7. The summed E-state index contributed by atoms with van der Waals surface area (Å²) in [5.41, 5.74) is 3.28. The van der Waals surface area contributed by atoms with E-state index in [0.29, 0.717) is 18.1 Å². The molecule has 1 heterocycles. The van der Waals surface area contributed by atoms with Gasteiger partial charge >= 0.3 is 0 Å². The van der Waals surface area contributed by atoms with Crippen LogP contribution in [0.3, 0.4) is 0 Å². The van der Waals surface area contributed by atoms with Crippen molar-refractivity contribution >= 4 is 0 Å². The predicted octanol–water partition coefficient (Wildman–Crippen LogP) is 3.64. The number of hydrogen-bond acceptors (Lipinski definition) is 4. The van der Waals surface area contributed by atoms with Crippen LogP contribution in [-0.2, 0) is 6.42 Å². The maximum Gasteiger partial charge on any atom is 0.231 e. The molecule has 0 bridgehead atoms. The zero-order valence-electron chi connectivity index (χ0n) is 12.0. The van der Waals surface area contributed by atoms with Gasteiger partial charge in [0, 0.05) is 5.56 Å². The van der Waals surface area contributed by atoms with Gasteiger partial charge in [0.15, 0.2) is 0 Å². The minimum Gasteiger partial charge on any atom is -0.497 e. The predicted molar refractivity (Wildman–Crippen MR) is 80.3 cm³/mol. The van der Waals surface area contributed by atoms with E-state index in [1.807, 2.05) is 48.5 Å². The van der Waals surface area contributed by atoms with Crippen LogP contribution in [0.2, 0.25) is 0 Å². The summed E-state index contributed by atoms with van der Waals surface area (Å²) >= 11 is 0. The summed E-state index contributed by atoms with van der Waals surface area (Å²) in [6.07, 6.45) is 0.614. The summed E-state index contributed by atoms with van der Waals surface area (Å²) in [4.78, 5) is 4.44. The fraction of sp³-hybridized carbons (Fsp3) is 0.176. The Morgan fingerprint density at radius 2 is 1.71 bits per heavy atom. The van der Waals surface area contributed by atoms with Crippen LogP contribution in [0.15, 0.2) is 53.1 Å². The first kappa shape index (κ1) is 13.4. The molecule has 21 heavy (non-hydrogen) atoms. The minimum atomic E-state index is 0.607. The van der Waals surface area contributed by atoms with Gasteiger partial charge in [-0.05, 0) is 24.6 Å². The molecule has 0 N–H and O–H groups in total. The Hall–Kier alpha value is -2.62. The molecular weight excluding hydrogens is 264 g/mol. The lowest BCUT2D eigenvalue weighted by Gasteiger charge is -2.00. The Labute approximate surface area is 123 Å². The summed E-state index contributed by atoms with van der Waals surface area (Å²) in [7, 11) is 1.65. The molecule has 0 amide bonds. The molecule has 0 fully saturated rings. The van der Waals surface area contributed by atoms with Crippen LogP contribution in [-0.4, -0.2) is 17.3 Å². The van der Waals surface area contributed by atoms with E-state index < -0.39 is 0 Å². The van der Waals surface area contributed by atoms with Crippen molar-refractivity contribution in [3.63, 3.8) is 0 Å². The fourth-order valence-electron chi connectivity index (χ4n) is 2.06. The molecule has 0 saturated carbocycles. The lowest BCUT2D eigenvalue weighted by atomic mass is 10.1. The van der Waals surface area contributed by atoms with Crippen LogP contribution in [0, 0.1) is 6.92 Å². The molecule has 3 aromatic rings. The lowest BCUT2D eigenvalue weighted by Crippen LogP contribution is -1.89. The third kappa shape index (κ3) is 3.11. The molecule has 0 spiro atoms. The Morgan fingerprint density at radius 1 is 1.00 bits per heavy atom. The highest BCUT2D eigenvalue weighted by molar-refractivity contribution is 5.54. The highest BCUT2D eigenvalue weighted by atomic mass is 16.5. The number of hydrogen-bond donors (Lipinski definition) is 0. The van der Waals surface area contributed by atoms with Gasteiger partial charge in [-0.25, -0.2) is 0 Å². The zero-order valence-corrected chi connectivity index (χ0v) is 12.0. The van der Waals surface area contributed by atoms with Crippen molar-refractivity contribution in [2.45, 2.75) is 13.3 Å². The number of aryl methyl sites for hydroxylation is 1. The molecule has 0 aliphatic heterocycles. The van der Waals surface area contributed by atoms with Crippen LogP contribution in [0.5, 0.6) is 5.75 Å². The number of nitrogens with zero attached hydrogens (tertiary/aromatic N) is 2. The van der Waals surface area contributed by atoms with Crippen LogP contribution < -0.4 is 4.74 Å². The second-order valence-electron chi connectivity index (χ2n) is 4.90. The molecule has 0 radical (unpaired) electrons. The van der Waals surface area contributed by atoms with E-state index in [0.717, 1.165) is 16.9 Å². The van der Waals surface area contributed by atoms with E-state index >= 15 is 0 Å². The summed E-state index contributed by atoms with van der Waals surface area (Å²) in [5.74, 6) is 2.07. The molecule has 3 rings (SSSR count). The van der Waals surface area contributed by atoms with Gasteiger partial charge in [0.05, 0.1) is 13.5 Å². The third-order valence-electron chi connectivity index (χ3n) is 3.29. The number of aromatic nitrogens is 2. The Kier molecular flexibility index (Phi) is 3.69. The van der Waals surface area contributed by atoms with E-state index in [1.165, 1.54) is 5.56 Å². The van der Waals surface area contributed by atoms with Gasteiger partial charge in [0.25, 0.3) is 0 Å². The maximum absolute atomic E-state index is 5.32. The maximum atomic E-state index is 5.32. The smallest absolute Gasteiger partial charge is 0.231 e. The van der Waals surface area contributed by atoms with E-state index in [1.54, 1.807) is 7.11 Å². The first-order chi connectivity index (χ1) is 10.2. The Bertz CT molecular complexity index is 715. The van der Waals surface area contributed by atoms with E-state index in [4.69, 9.17) is 9.26 Å². The lowest BCUT2D eigenvalue weighted by molar-refractivity contribution is 0.385. The van der Waals surface area contributed by atoms with Gasteiger partial charge in [-0.1, -0.05) is 47.1 Å². The van der Waals surface area contributed by atoms with Crippen molar-refractivity contribution in [3.8, 4) is 17.1 Å². The molecule has 0 aliphatic carbocycles. The second kappa shape index (κ2) is 5.79. The van der Waals surface area contributed by atoms with Gasteiger partial charge < -0.3 is 9.26 Å². The van der Waals surface area contributed by atoms with Crippen LogP contribution in [0.1, 0.15) is 17.0 Å². The minimum absolute atomic E-state index is 0.607. The van der Waals surface area contributed by atoms with Gasteiger partial charge in [-0.2, -0.15) is 4.98 Å². The molecule has 4 heteroatoms. The van der Waals surface area contributed by atoms with Gasteiger partial charge in [0.2, 0.25) is 11.7 Å². The standard InChI is InChI=1S/C17H16N2O2/c1-12-3-7-14(8-4-12)17-18-16(21-19-17)11-13-5-9-15(20-2)10-6-13/h3-10H,11H2,1-2H3. The Morgan fingerprint density at radius 3 is 2.38 bits per heavy atom. The van der Waals surface area contributed by atoms with Crippen molar-refractivity contribution in [2.24, 2.45) is 0 Å². The molecule has 2 aromatic carbocycles. The number of ether oxygens (including phenoxy) is 1. The molecule has 0 aliphatic rings. The third-order valence-corrected chi connectivity index (χ3v) is 3.29. The van der Waals surface area contributed by atoms with Crippen LogP contribution in [0.4, 0.5) is 0 Å². The number of rotatable bonds is 4. The molecule has 1 aromatic heterocycles. The first-order valence-corrected chi connectivity index (χ1v) is 6.77. The van der Waals surface area contributed by atoms with Crippen molar-refractivity contribution in [3.05, 3.63) is 65.5 Å². The second-order valence-corrected chi connectivity index (χ2v) is 4.90. The summed E-state index contributed by atoms with van der Waals surface area (Å²) in [5, 5.41) is 4.04. The van der Waals surface area contributed by atoms with Crippen molar-refractivity contribution in [1.82, 2.24) is 10.1 Å². The summed E-state index contributed by atoms with van der Waals surface area (Å²) < 4.78 is 10.5. The van der Waals surface area contributed by atoms with Crippen LogP contribution in [0.25, 0.3) is 11.4 Å². The van der Waals surface area contributed by atoms with Crippen molar-refractivity contribution in [2.75, 3.05) is 7.11 Å². The molecule has 106 valence electrons. The quantitative estimate of drug-likeness (QED) is 0.732. The highest BCUT2D eigenvalue weighted by Crippen LogP contribution is 2.18. The highest BCUT2D eigenvalue weighted by Gasteiger charge is 2.09. The monoisotopic (exact) mass is 280 g/mol. The molecule has 0 saturated heterocycles. The molecular formula is C17H16N2O2. The normalized spacial score (nSPS) is 10.6. The van der Waals surface area contributed by atoms with E-state index in [2.05, 4.69) is 17.1 Å². The van der Waals surface area contributed by atoms with Gasteiger partial charge in [0.1, 0.15) is 5.75 Å². The summed E-state index contributed by atoms with van der Waals surface area (Å²) in [6.45, 7) is 2.05. The molecule has 0 unspecified atom stereocenters. The SMILES string of the molecule is COc1ccc(Cc2nc(-c3ccc(C)cc3)no2)cc1. The van der Waals surface area contributed by atoms with Crippen LogP contribution >= 0.6 is 0 Å². The largest absolute Gasteiger partial charge is 0.497 e. The molecule has 4 nitrogen and oxygen atoms in total. The van der Waals surface area contributed by atoms with E-state index in [-0.39, 0.29) is 0 Å². The van der Waals surface area contributed by atoms with Gasteiger partial charge in [-0.3, -0.25) is 0 Å². The number of methoxy groups -OCH3 is 1.